The molecule has 0 bridgehead atoms. The van der Waals surface area contributed by atoms with Crippen LogP contribution in [0.3, 0.4) is 0 Å². The topological polar surface area (TPSA) is 64.3 Å². The number of methoxy groups -OCH3 is 1. The van der Waals surface area contributed by atoms with Crippen LogP contribution < -0.4 is 15.8 Å². The standard InChI is InChI=1S/C16H17ClN2O2/c1-16(15(18)20,11-5-3-8-14(9-11)21-2)19-13-7-4-6-12(17)10-13/h3-10,19H,1-2H3,(H2,18,20). The van der Waals surface area contributed by atoms with Crippen LogP contribution >= 0.6 is 11.6 Å². The van der Waals surface area contributed by atoms with Gasteiger partial charge in [-0.05, 0) is 42.8 Å². The second-order valence-electron chi connectivity index (χ2n) is 4.86. The van der Waals surface area contributed by atoms with Crippen LogP contribution in [0.15, 0.2) is 48.5 Å². The average Bonchev–Trinajstić information content (AvgIpc) is 2.47. The largest absolute Gasteiger partial charge is 0.497 e. The molecule has 2 aromatic carbocycles. The van der Waals surface area contributed by atoms with Crippen molar-refractivity contribution in [1.29, 1.82) is 0 Å². The monoisotopic (exact) mass is 304 g/mol. The number of rotatable bonds is 5. The van der Waals surface area contributed by atoms with E-state index in [0.29, 0.717) is 22.0 Å². The van der Waals surface area contributed by atoms with Crippen molar-refractivity contribution in [3.05, 3.63) is 59.1 Å². The van der Waals surface area contributed by atoms with Crippen LogP contribution in [-0.2, 0) is 10.3 Å². The molecule has 1 amide bonds. The van der Waals surface area contributed by atoms with Gasteiger partial charge < -0.3 is 15.8 Å². The molecular formula is C16H17ClN2O2. The minimum absolute atomic E-state index is 0.490. The van der Waals surface area contributed by atoms with Crippen molar-refractivity contribution in [2.75, 3.05) is 12.4 Å². The Bertz CT molecular complexity index is 660. The van der Waals surface area contributed by atoms with Gasteiger partial charge in [0.05, 0.1) is 7.11 Å². The lowest BCUT2D eigenvalue weighted by Gasteiger charge is -2.29. The summed E-state index contributed by atoms with van der Waals surface area (Å²) in [6, 6.07) is 14.4. The summed E-state index contributed by atoms with van der Waals surface area (Å²) in [4.78, 5) is 12.0. The van der Waals surface area contributed by atoms with Crippen molar-refractivity contribution in [1.82, 2.24) is 0 Å². The summed E-state index contributed by atoms with van der Waals surface area (Å²) >= 11 is 5.97. The van der Waals surface area contributed by atoms with Gasteiger partial charge in [0.1, 0.15) is 11.3 Å². The summed E-state index contributed by atoms with van der Waals surface area (Å²) in [6.07, 6.45) is 0. The zero-order valence-electron chi connectivity index (χ0n) is 11.9. The highest BCUT2D eigenvalue weighted by Gasteiger charge is 2.33. The van der Waals surface area contributed by atoms with E-state index < -0.39 is 11.4 Å². The number of carbonyl (C=O) groups is 1. The minimum atomic E-state index is -1.07. The van der Waals surface area contributed by atoms with Crippen molar-refractivity contribution in [3.8, 4) is 5.75 Å². The normalized spacial score (nSPS) is 13.3. The Morgan fingerprint density at radius 1 is 1.24 bits per heavy atom. The second-order valence-corrected chi connectivity index (χ2v) is 5.29. The van der Waals surface area contributed by atoms with E-state index in [2.05, 4.69) is 5.32 Å². The van der Waals surface area contributed by atoms with Crippen molar-refractivity contribution in [2.45, 2.75) is 12.5 Å². The van der Waals surface area contributed by atoms with E-state index in [1.807, 2.05) is 24.3 Å². The van der Waals surface area contributed by atoms with Gasteiger partial charge in [0, 0.05) is 10.7 Å². The molecular weight excluding hydrogens is 288 g/mol. The summed E-state index contributed by atoms with van der Waals surface area (Å²) in [6.45, 7) is 1.73. The Hall–Kier alpha value is -2.20. The van der Waals surface area contributed by atoms with E-state index in [-0.39, 0.29) is 0 Å². The van der Waals surface area contributed by atoms with Crippen LogP contribution in [0.25, 0.3) is 0 Å². The third-order valence-corrected chi connectivity index (χ3v) is 3.59. The average molecular weight is 305 g/mol. The van der Waals surface area contributed by atoms with Gasteiger partial charge in [0.25, 0.3) is 0 Å². The Morgan fingerprint density at radius 2 is 1.95 bits per heavy atom. The molecule has 0 heterocycles. The molecule has 2 rings (SSSR count). The van der Waals surface area contributed by atoms with Gasteiger partial charge in [0.15, 0.2) is 0 Å². The number of ether oxygens (including phenoxy) is 1. The molecule has 0 aliphatic rings. The fourth-order valence-electron chi connectivity index (χ4n) is 2.07. The quantitative estimate of drug-likeness (QED) is 0.892. The lowest BCUT2D eigenvalue weighted by molar-refractivity contribution is -0.122. The molecule has 0 spiro atoms. The number of benzene rings is 2. The van der Waals surface area contributed by atoms with Gasteiger partial charge in [-0.1, -0.05) is 29.8 Å². The van der Waals surface area contributed by atoms with Crippen molar-refractivity contribution in [2.24, 2.45) is 5.73 Å². The zero-order valence-corrected chi connectivity index (χ0v) is 12.6. The van der Waals surface area contributed by atoms with E-state index in [1.54, 1.807) is 38.3 Å². The molecule has 0 aliphatic heterocycles. The first-order valence-electron chi connectivity index (χ1n) is 6.44. The molecule has 0 saturated carbocycles. The van der Waals surface area contributed by atoms with Crippen molar-refractivity contribution >= 4 is 23.2 Å². The molecule has 0 aliphatic carbocycles. The maximum absolute atomic E-state index is 12.0. The number of carbonyl (C=O) groups excluding carboxylic acids is 1. The van der Waals surface area contributed by atoms with E-state index in [0.717, 1.165) is 0 Å². The predicted molar refractivity (Wildman–Crippen MR) is 84.6 cm³/mol. The van der Waals surface area contributed by atoms with Crippen LogP contribution in [0.4, 0.5) is 5.69 Å². The summed E-state index contributed by atoms with van der Waals surface area (Å²) in [5.41, 5.74) is 5.97. The molecule has 0 aromatic heterocycles. The van der Waals surface area contributed by atoms with Crippen molar-refractivity contribution in [3.63, 3.8) is 0 Å². The minimum Gasteiger partial charge on any atom is -0.497 e. The van der Waals surface area contributed by atoms with Gasteiger partial charge in [-0.3, -0.25) is 4.79 Å². The van der Waals surface area contributed by atoms with Gasteiger partial charge in [0.2, 0.25) is 5.91 Å². The Balaban J connectivity index is 2.42. The van der Waals surface area contributed by atoms with E-state index >= 15 is 0 Å². The summed E-state index contributed by atoms with van der Waals surface area (Å²) < 4.78 is 5.20. The van der Waals surface area contributed by atoms with Crippen LogP contribution in [0, 0.1) is 0 Å². The molecule has 1 atom stereocenters. The molecule has 0 fully saturated rings. The summed E-state index contributed by atoms with van der Waals surface area (Å²) in [5, 5.41) is 3.73. The van der Waals surface area contributed by atoms with Crippen LogP contribution in [0.2, 0.25) is 5.02 Å². The number of hydrogen-bond donors (Lipinski definition) is 2. The number of primary amides is 1. The highest BCUT2D eigenvalue weighted by Crippen LogP contribution is 2.29. The predicted octanol–water partition coefficient (Wildman–Crippen LogP) is 3.16. The molecule has 5 heteroatoms. The van der Waals surface area contributed by atoms with E-state index in [1.165, 1.54) is 0 Å². The highest BCUT2D eigenvalue weighted by molar-refractivity contribution is 6.30. The molecule has 0 saturated heterocycles. The number of nitrogens with one attached hydrogen (secondary N) is 1. The first-order valence-corrected chi connectivity index (χ1v) is 6.81. The molecule has 4 nitrogen and oxygen atoms in total. The number of halogens is 1. The first kappa shape index (κ1) is 15.2. The van der Waals surface area contributed by atoms with Crippen molar-refractivity contribution < 1.29 is 9.53 Å². The van der Waals surface area contributed by atoms with Gasteiger partial charge in [-0.25, -0.2) is 0 Å². The second kappa shape index (κ2) is 6.06. The molecule has 21 heavy (non-hydrogen) atoms. The maximum Gasteiger partial charge on any atom is 0.247 e. The fourth-order valence-corrected chi connectivity index (χ4v) is 2.26. The summed E-state index contributed by atoms with van der Waals surface area (Å²) in [5.74, 6) is 0.170. The maximum atomic E-state index is 12.0. The van der Waals surface area contributed by atoms with Gasteiger partial charge in [-0.2, -0.15) is 0 Å². The molecule has 1 unspecified atom stereocenters. The number of anilines is 1. The van der Waals surface area contributed by atoms with E-state index in [4.69, 9.17) is 22.1 Å². The Morgan fingerprint density at radius 3 is 2.57 bits per heavy atom. The third kappa shape index (κ3) is 3.28. The van der Waals surface area contributed by atoms with Gasteiger partial charge in [-0.15, -0.1) is 0 Å². The smallest absolute Gasteiger partial charge is 0.247 e. The van der Waals surface area contributed by atoms with Crippen LogP contribution in [0.5, 0.6) is 5.75 Å². The third-order valence-electron chi connectivity index (χ3n) is 3.36. The summed E-state index contributed by atoms with van der Waals surface area (Å²) in [7, 11) is 1.57. The zero-order chi connectivity index (χ0) is 15.5. The first-order chi connectivity index (χ1) is 9.95. The molecule has 110 valence electrons. The Kier molecular flexibility index (Phi) is 4.38. The molecule has 2 aromatic rings. The number of hydrogen-bond acceptors (Lipinski definition) is 3. The highest BCUT2D eigenvalue weighted by atomic mass is 35.5. The van der Waals surface area contributed by atoms with Crippen LogP contribution in [-0.4, -0.2) is 13.0 Å². The SMILES string of the molecule is COc1cccc(C(C)(Nc2cccc(Cl)c2)C(N)=O)c1. The van der Waals surface area contributed by atoms with Crippen LogP contribution in [0.1, 0.15) is 12.5 Å². The molecule has 0 radical (unpaired) electrons. The number of amides is 1. The van der Waals surface area contributed by atoms with Gasteiger partial charge >= 0.3 is 0 Å². The fraction of sp³-hybridized carbons (Fsp3) is 0.188. The molecule has 3 N–H and O–H groups in total. The number of nitrogens with two attached hydrogens (primary N) is 1. The van der Waals surface area contributed by atoms with E-state index in [9.17, 15) is 4.79 Å². The lowest BCUT2D eigenvalue weighted by Crippen LogP contribution is -2.45. The Labute approximate surface area is 128 Å². The lowest BCUT2D eigenvalue weighted by atomic mass is 9.90.